The smallest absolute Gasteiger partial charge is 0.136 e. The van der Waals surface area contributed by atoms with Gasteiger partial charge in [-0.15, -0.1) is 0 Å². The molecule has 1 aliphatic carbocycles. The van der Waals surface area contributed by atoms with Crippen LogP contribution in [0.3, 0.4) is 0 Å². The molecule has 2 heterocycles. The second-order valence-electron chi connectivity index (χ2n) is 4.63. The van der Waals surface area contributed by atoms with Gasteiger partial charge in [-0.05, 0) is 41.8 Å². The summed E-state index contributed by atoms with van der Waals surface area (Å²) in [5.41, 5.74) is 0.711. The summed E-state index contributed by atoms with van der Waals surface area (Å²) >= 11 is 3.49. The van der Waals surface area contributed by atoms with Crippen molar-refractivity contribution in [3.8, 4) is 0 Å². The van der Waals surface area contributed by atoms with Gasteiger partial charge in [-0.1, -0.05) is 0 Å². The minimum absolute atomic E-state index is 0.698. The molecule has 1 unspecified atom stereocenters. The Kier molecular flexibility index (Phi) is 2.83. The van der Waals surface area contributed by atoms with E-state index in [4.69, 9.17) is 4.42 Å². The second kappa shape index (κ2) is 4.24. The Hall–Kier alpha value is -1.07. The van der Waals surface area contributed by atoms with Gasteiger partial charge in [0.25, 0.3) is 0 Å². The number of furan rings is 1. The average Bonchev–Trinajstić information content (AvgIpc) is 2.96. The number of hydrogen-bond acceptors (Lipinski definition) is 3. The van der Waals surface area contributed by atoms with Crippen molar-refractivity contribution in [2.24, 2.45) is 0 Å². The summed E-state index contributed by atoms with van der Waals surface area (Å²) in [6.07, 6.45) is 5.90. The van der Waals surface area contributed by atoms with Gasteiger partial charge in [0.15, 0.2) is 0 Å². The molecule has 5 heteroatoms. The summed E-state index contributed by atoms with van der Waals surface area (Å²) in [7, 11) is 0. The van der Waals surface area contributed by atoms with Crippen molar-refractivity contribution in [3.05, 3.63) is 40.0 Å². The largest absolute Gasteiger partial charge is 0.469 e. The summed E-state index contributed by atoms with van der Waals surface area (Å²) in [6, 6.07) is 1.87. The summed E-state index contributed by atoms with van der Waals surface area (Å²) in [5.74, 6) is 0.888. The molecule has 0 aromatic carbocycles. The maximum absolute atomic E-state index is 11.1. The van der Waals surface area contributed by atoms with E-state index in [1.54, 1.807) is 12.5 Å². The Labute approximate surface area is 114 Å². The van der Waals surface area contributed by atoms with E-state index in [1.807, 2.05) is 17.7 Å². The van der Waals surface area contributed by atoms with Crippen LogP contribution in [-0.2, 0) is 18.6 Å². The molecule has 1 atom stereocenters. The quantitative estimate of drug-likeness (QED) is 0.928. The Balaban J connectivity index is 2.20. The molecule has 1 aliphatic rings. The fourth-order valence-electron chi connectivity index (χ4n) is 2.80. The molecule has 0 radical (unpaired) electrons. The first-order valence-electron chi connectivity index (χ1n) is 6.18. The first-order chi connectivity index (χ1) is 8.66. The molecular formula is C13H15BrN2O2. The molecule has 0 saturated heterocycles. The van der Waals surface area contributed by atoms with Gasteiger partial charge in [-0.3, -0.25) is 4.68 Å². The maximum atomic E-state index is 11.1. The normalized spacial score (nSPS) is 23.1. The van der Waals surface area contributed by atoms with Crippen molar-refractivity contribution in [1.82, 2.24) is 9.78 Å². The van der Waals surface area contributed by atoms with Crippen molar-refractivity contribution in [2.45, 2.75) is 38.3 Å². The molecule has 0 saturated carbocycles. The molecule has 0 amide bonds. The third-order valence-electron chi connectivity index (χ3n) is 3.62. The lowest BCUT2D eigenvalue weighted by Gasteiger charge is -2.32. The number of aryl methyl sites for hydroxylation is 2. The summed E-state index contributed by atoms with van der Waals surface area (Å²) < 4.78 is 8.15. The fraction of sp³-hybridized carbons (Fsp3) is 0.462. The number of rotatable bonds is 2. The van der Waals surface area contributed by atoms with Crippen LogP contribution in [0.2, 0.25) is 0 Å². The predicted molar refractivity (Wildman–Crippen MR) is 70.2 cm³/mol. The van der Waals surface area contributed by atoms with Crippen LogP contribution in [0.1, 0.15) is 36.8 Å². The van der Waals surface area contributed by atoms with E-state index in [9.17, 15) is 5.11 Å². The van der Waals surface area contributed by atoms with Crippen LogP contribution in [0.15, 0.2) is 27.4 Å². The van der Waals surface area contributed by atoms with Crippen LogP contribution in [-0.4, -0.2) is 14.9 Å². The van der Waals surface area contributed by atoms with E-state index in [-0.39, 0.29) is 0 Å². The molecule has 4 nitrogen and oxygen atoms in total. The Bertz CT molecular complexity index is 575. The van der Waals surface area contributed by atoms with Crippen LogP contribution >= 0.6 is 15.9 Å². The highest BCUT2D eigenvalue weighted by Gasteiger charge is 2.41. The first-order valence-corrected chi connectivity index (χ1v) is 6.97. The van der Waals surface area contributed by atoms with Crippen LogP contribution in [0.4, 0.5) is 0 Å². The molecular weight excluding hydrogens is 296 g/mol. The van der Waals surface area contributed by atoms with Gasteiger partial charge in [0.2, 0.25) is 0 Å². The van der Waals surface area contributed by atoms with Crippen molar-refractivity contribution < 1.29 is 9.52 Å². The highest BCUT2D eigenvalue weighted by Crippen LogP contribution is 2.43. The van der Waals surface area contributed by atoms with Crippen LogP contribution < -0.4 is 0 Å². The molecule has 2 aromatic heterocycles. The molecule has 0 spiro atoms. The monoisotopic (exact) mass is 310 g/mol. The van der Waals surface area contributed by atoms with E-state index in [2.05, 4.69) is 21.0 Å². The number of fused-ring (bicyclic) bond motifs is 1. The van der Waals surface area contributed by atoms with Crippen molar-refractivity contribution >= 4 is 15.9 Å². The van der Waals surface area contributed by atoms with Gasteiger partial charge in [-0.25, -0.2) is 0 Å². The number of aromatic nitrogens is 2. The summed E-state index contributed by atoms with van der Waals surface area (Å²) in [4.78, 5) is 0. The van der Waals surface area contributed by atoms with E-state index in [1.165, 1.54) is 0 Å². The fourth-order valence-corrected chi connectivity index (χ4v) is 3.43. The number of aliphatic hydroxyl groups is 1. The molecule has 0 aliphatic heterocycles. The summed E-state index contributed by atoms with van der Waals surface area (Å²) in [5, 5.41) is 15.4. The van der Waals surface area contributed by atoms with E-state index < -0.39 is 5.60 Å². The lowest BCUT2D eigenvalue weighted by Crippen LogP contribution is -2.34. The lowest BCUT2D eigenvalue weighted by molar-refractivity contribution is 0.0490. The maximum Gasteiger partial charge on any atom is 0.136 e. The van der Waals surface area contributed by atoms with E-state index in [0.29, 0.717) is 6.42 Å². The topological polar surface area (TPSA) is 51.2 Å². The van der Waals surface area contributed by atoms with Crippen molar-refractivity contribution in [2.75, 3.05) is 0 Å². The standard InChI is InChI=1S/C13H15BrN2O2/c1-2-16-12(10(14)8-15-16)13(17)6-3-4-11-9(13)5-7-18-11/h5,7-8,17H,2-4,6H2,1H3. The molecule has 2 aromatic rings. The molecule has 1 N–H and O–H groups in total. The lowest BCUT2D eigenvalue weighted by atomic mass is 9.80. The zero-order valence-corrected chi connectivity index (χ0v) is 11.8. The first kappa shape index (κ1) is 12.0. The minimum Gasteiger partial charge on any atom is -0.469 e. The van der Waals surface area contributed by atoms with Gasteiger partial charge < -0.3 is 9.52 Å². The highest BCUT2D eigenvalue weighted by atomic mass is 79.9. The molecule has 18 heavy (non-hydrogen) atoms. The Morgan fingerprint density at radius 1 is 1.61 bits per heavy atom. The zero-order chi connectivity index (χ0) is 12.8. The highest BCUT2D eigenvalue weighted by molar-refractivity contribution is 9.10. The van der Waals surface area contributed by atoms with Gasteiger partial charge >= 0.3 is 0 Å². The van der Waals surface area contributed by atoms with Crippen LogP contribution in [0, 0.1) is 0 Å². The Morgan fingerprint density at radius 3 is 3.22 bits per heavy atom. The number of nitrogens with zero attached hydrogens (tertiary/aromatic N) is 2. The SMILES string of the molecule is CCn1ncc(Br)c1C1(O)CCCc2occc21. The average molecular weight is 311 g/mol. The van der Waals surface area contributed by atoms with Crippen molar-refractivity contribution in [1.29, 1.82) is 0 Å². The van der Waals surface area contributed by atoms with E-state index in [0.717, 1.165) is 40.9 Å². The molecule has 96 valence electrons. The predicted octanol–water partition coefficient (Wildman–Crippen LogP) is 2.83. The number of halogens is 1. The second-order valence-corrected chi connectivity index (χ2v) is 5.48. The van der Waals surface area contributed by atoms with E-state index >= 15 is 0 Å². The van der Waals surface area contributed by atoms with Gasteiger partial charge in [0, 0.05) is 18.5 Å². The third kappa shape index (κ3) is 1.57. The Morgan fingerprint density at radius 2 is 2.44 bits per heavy atom. The molecule has 0 fully saturated rings. The molecule has 3 rings (SSSR count). The van der Waals surface area contributed by atoms with Gasteiger partial charge in [0.1, 0.15) is 11.4 Å². The molecule has 0 bridgehead atoms. The van der Waals surface area contributed by atoms with Gasteiger partial charge in [-0.2, -0.15) is 5.10 Å². The summed E-state index contributed by atoms with van der Waals surface area (Å²) in [6.45, 7) is 2.75. The van der Waals surface area contributed by atoms with Crippen LogP contribution in [0.5, 0.6) is 0 Å². The van der Waals surface area contributed by atoms with Gasteiger partial charge in [0.05, 0.1) is 22.6 Å². The zero-order valence-electron chi connectivity index (χ0n) is 10.2. The minimum atomic E-state index is -0.994. The van der Waals surface area contributed by atoms with Crippen molar-refractivity contribution in [3.63, 3.8) is 0 Å². The third-order valence-corrected chi connectivity index (χ3v) is 4.20. The number of hydrogen-bond donors (Lipinski definition) is 1. The van der Waals surface area contributed by atoms with Crippen LogP contribution in [0.25, 0.3) is 0 Å².